The molecule has 0 aromatic carbocycles. The fourth-order valence-corrected chi connectivity index (χ4v) is 1.76. The summed E-state index contributed by atoms with van der Waals surface area (Å²) in [7, 11) is 1.64. The molecule has 11 heavy (non-hydrogen) atoms. The van der Waals surface area contributed by atoms with E-state index in [1.807, 2.05) is 0 Å². The van der Waals surface area contributed by atoms with E-state index in [4.69, 9.17) is 16.3 Å². The maximum Gasteiger partial charge on any atom is 0.143 e. The minimum absolute atomic E-state index is 0.542. The van der Waals surface area contributed by atoms with Crippen LogP contribution in [0.1, 0.15) is 10.0 Å². The Hall–Kier alpha value is -0.190. The third-order valence-electron chi connectivity index (χ3n) is 1.08. The molecular formula is C6H9ClN2OS. The molecule has 3 nitrogen and oxygen atoms in total. The van der Waals surface area contributed by atoms with Crippen molar-refractivity contribution in [2.24, 2.45) is 0 Å². The van der Waals surface area contributed by atoms with E-state index in [2.05, 4.69) is 10.2 Å². The lowest BCUT2D eigenvalue weighted by Gasteiger charge is -1.87. The molecule has 0 fully saturated rings. The van der Waals surface area contributed by atoms with Crippen molar-refractivity contribution in [2.75, 3.05) is 13.0 Å². The molecule has 0 N–H and O–H groups in total. The molecule has 1 heterocycles. The quantitative estimate of drug-likeness (QED) is 0.678. The monoisotopic (exact) mass is 192 g/mol. The minimum atomic E-state index is 0.542. The molecule has 0 bridgehead atoms. The number of aromatic nitrogens is 2. The molecular weight excluding hydrogens is 184 g/mol. The molecule has 0 spiro atoms. The molecule has 0 aliphatic heterocycles. The van der Waals surface area contributed by atoms with Gasteiger partial charge in [-0.3, -0.25) is 0 Å². The molecule has 0 aliphatic rings. The molecule has 62 valence electrons. The third kappa shape index (κ3) is 2.73. The van der Waals surface area contributed by atoms with E-state index in [-0.39, 0.29) is 0 Å². The van der Waals surface area contributed by atoms with Gasteiger partial charge in [-0.05, 0) is 0 Å². The number of hydrogen-bond acceptors (Lipinski definition) is 4. The first kappa shape index (κ1) is 8.90. The molecule has 0 saturated heterocycles. The fourth-order valence-electron chi connectivity index (χ4n) is 0.652. The van der Waals surface area contributed by atoms with Gasteiger partial charge in [-0.25, -0.2) is 0 Å². The average Bonchev–Trinajstić information content (AvgIpc) is 2.38. The molecule has 0 unspecified atom stereocenters. The van der Waals surface area contributed by atoms with E-state index in [9.17, 15) is 0 Å². The van der Waals surface area contributed by atoms with Crippen LogP contribution in [0.5, 0.6) is 0 Å². The van der Waals surface area contributed by atoms with Crippen LogP contribution in [0.2, 0.25) is 0 Å². The smallest absolute Gasteiger partial charge is 0.143 e. The number of ether oxygens (including phenoxy) is 1. The van der Waals surface area contributed by atoms with Crippen molar-refractivity contribution in [3.8, 4) is 0 Å². The first-order chi connectivity index (χ1) is 5.36. The van der Waals surface area contributed by atoms with Crippen molar-refractivity contribution < 1.29 is 4.74 Å². The maximum absolute atomic E-state index is 5.53. The van der Waals surface area contributed by atoms with Crippen LogP contribution in [0.3, 0.4) is 0 Å². The van der Waals surface area contributed by atoms with Crippen molar-refractivity contribution in [3.05, 3.63) is 10.0 Å². The highest BCUT2D eigenvalue weighted by molar-refractivity contribution is 7.11. The predicted octanol–water partition coefficient (Wildman–Crippen LogP) is 1.47. The Balaban J connectivity index is 2.51. The van der Waals surface area contributed by atoms with E-state index in [0.29, 0.717) is 12.5 Å². The van der Waals surface area contributed by atoms with Crippen molar-refractivity contribution >= 4 is 22.9 Å². The number of nitrogens with zero attached hydrogens (tertiary/aromatic N) is 2. The normalized spacial score (nSPS) is 10.4. The van der Waals surface area contributed by atoms with E-state index < -0.39 is 0 Å². The van der Waals surface area contributed by atoms with E-state index >= 15 is 0 Å². The second kappa shape index (κ2) is 4.64. The molecule has 0 atom stereocenters. The van der Waals surface area contributed by atoms with Gasteiger partial charge in [-0.1, -0.05) is 11.3 Å². The highest BCUT2D eigenvalue weighted by atomic mass is 35.5. The van der Waals surface area contributed by atoms with Crippen LogP contribution in [0, 0.1) is 0 Å². The van der Waals surface area contributed by atoms with Crippen molar-refractivity contribution in [3.63, 3.8) is 0 Å². The summed E-state index contributed by atoms with van der Waals surface area (Å²) < 4.78 is 4.89. The molecule has 1 aromatic rings. The highest BCUT2D eigenvalue weighted by Crippen LogP contribution is 2.11. The Morgan fingerprint density at radius 2 is 2.18 bits per heavy atom. The molecule has 1 aromatic heterocycles. The van der Waals surface area contributed by atoms with Gasteiger partial charge in [0, 0.05) is 19.4 Å². The first-order valence-corrected chi connectivity index (χ1v) is 4.58. The lowest BCUT2D eigenvalue weighted by atomic mass is 10.5. The third-order valence-corrected chi connectivity index (χ3v) is 2.23. The van der Waals surface area contributed by atoms with Crippen LogP contribution in [0.25, 0.3) is 0 Å². The summed E-state index contributed by atoms with van der Waals surface area (Å²) in [6.45, 7) is 0.542. The van der Waals surface area contributed by atoms with E-state index in [1.165, 1.54) is 0 Å². The number of rotatable bonds is 4. The van der Waals surface area contributed by atoms with Gasteiger partial charge in [0.25, 0.3) is 0 Å². The first-order valence-electron chi connectivity index (χ1n) is 3.23. The van der Waals surface area contributed by atoms with Crippen molar-refractivity contribution in [1.29, 1.82) is 0 Å². The van der Waals surface area contributed by atoms with Crippen molar-refractivity contribution in [2.45, 2.75) is 13.0 Å². The van der Waals surface area contributed by atoms with Crippen LogP contribution >= 0.6 is 22.9 Å². The van der Waals surface area contributed by atoms with Gasteiger partial charge in [0.15, 0.2) is 0 Å². The summed E-state index contributed by atoms with van der Waals surface area (Å²) >= 11 is 7.08. The van der Waals surface area contributed by atoms with Gasteiger partial charge in [-0.2, -0.15) is 0 Å². The summed E-state index contributed by atoms with van der Waals surface area (Å²) in [4.78, 5) is 0. The van der Waals surface area contributed by atoms with Crippen LogP contribution < -0.4 is 0 Å². The molecule has 0 amide bonds. The van der Waals surface area contributed by atoms with Gasteiger partial charge >= 0.3 is 0 Å². The van der Waals surface area contributed by atoms with Crippen LogP contribution in [-0.4, -0.2) is 23.2 Å². The Labute approximate surface area is 74.4 Å². The summed E-state index contributed by atoms with van der Waals surface area (Å²) in [6.07, 6.45) is 0.795. The zero-order valence-corrected chi connectivity index (χ0v) is 7.78. The highest BCUT2D eigenvalue weighted by Gasteiger charge is 2.01. The Morgan fingerprint density at radius 3 is 2.82 bits per heavy atom. The van der Waals surface area contributed by atoms with Gasteiger partial charge in [0.1, 0.15) is 10.0 Å². The lowest BCUT2D eigenvalue weighted by molar-refractivity contribution is 0.184. The molecule has 1 rings (SSSR count). The van der Waals surface area contributed by atoms with Crippen molar-refractivity contribution in [1.82, 2.24) is 10.2 Å². The number of alkyl halides is 1. The van der Waals surface area contributed by atoms with Crippen LogP contribution in [0.4, 0.5) is 0 Å². The van der Waals surface area contributed by atoms with Gasteiger partial charge in [0.2, 0.25) is 0 Å². The average molecular weight is 193 g/mol. The van der Waals surface area contributed by atoms with Crippen LogP contribution in [-0.2, 0) is 17.8 Å². The van der Waals surface area contributed by atoms with E-state index in [1.54, 1.807) is 18.4 Å². The number of halogens is 1. The lowest BCUT2D eigenvalue weighted by Crippen LogP contribution is -1.85. The second-order valence-electron chi connectivity index (χ2n) is 1.96. The summed E-state index contributed by atoms with van der Waals surface area (Å²) in [5.74, 6) is 0.599. The minimum Gasteiger partial charge on any atom is -0.377 e. The molecule has 0 aliphatic carbocycles. The van der Waals surface area contributed by atoms with Gasteiger partial charge in [0.05, 0.1) is 6.61 Å². The Morgan fingerprint density at radius 1 is 1.45 bits per heavy atom. The predicted molar refractivity (Wildman–Crippen MR) is 45.0 cm³/mol. The fraction of sp³-hybridized carbons (Fsp3) is 0.667. The summed E-state index contributed by atoms with van der Waals surface area (Å²) in [6, 6.07) is 0. The number of hydrogen-bond donors (Lipinski definition) is 0. The summed E-state index contributed by atoms with van der Waals surface area (Å²) in [5.41, 5.74) is 0. The van der Waals surface area contributed by atoms with E-state index in [0.717, 1.165) is 16.4 Å². The largest absolute Gasteiger partial charge is 0.377 e. The van der Waals surface area contributed by atoms with Gasteiger partial charge < -0.3 is 4.74 Å². The zero-order valence-electron chi connectivity index (χ0n) is 6.21. The second-order valence-corrected chi connectivity index (χ2v) is 3.49. The Bertz CT molecular complexity index is 196. The van der Waals surface area contributed by atoms with Gasteiger partial charge in [-0.15, -0.1) is 21.8 Å². The maximum atomic E-state index is 5.53. The molecule has 0 radical (unpaired) electrons. The number of methoxy groups -OCH3 is 1. The SMILES string of the molecule is COCc1nnc(CCCl)s1. The molecule has 5 heteroatoms. The number of aryl methyl sites for hydroxylation is 1. The van der Waals surface area contributed by atoms with Crippen LogP contribution in [0.15, 0.2) is 0 Å². The Kier molecular flexibility index (Phi) is 3.76. The standard InChI is InChI=1S/C6H9ClN2OS/c1-10-4-6-9-8-5(11-6)2-3-7/h2-4H2,1H3. The molecule has 0 saturated carbocycles. The topological polar surface area (TPSA) is 35.0 Å². The zero-order chi connectivity index (χ0) is 8.10. The summed E-state index contributed by atoms with van der Waals surface area (Å²) in [5, 5.41) is 9.73.